The van der Waals surface area contributed by atoms with Gasteiger partial charge in [-0.3, -0.25) is 0 Å². The molecule has 3 nitrogen and oxygen atoms in total. The summed E-state index contributed by atoms with van der Waals surface area (Å²) in [6.07, 6.45) is 0.844. The third-order valence-electron chi connectivity index (χ3n) is 2.65. The summed E-state index contributed by atoms with van der Waals surface area (Å²) < 4.78 is 6.44. The van der Waals surface area contributed by atoms with Gasteiger partial charge in [-0.25, -0.2) is 0 Å². The lowest BCUT2D eigenvalue weighted by Crippen LogP contribution is -2.37. The van der Waals surface area contributed by atoms with Crippen molar-refractivity contribution < 1.29 is 4.74 Å². The molecule has 1 aromatic rings. The van der Waals surface area contributed by atoms with E-state index < -0.39 is 0 Å². The van der Waals surface area contributed by atoms with Gasteiger partial charge in [0.05, 0.1) is 7.11 Å². The molecule has 0 bridgehead atoms. The van der Waals surface area contributed by atoms with Crippen molar-refractivity contribution in [2.45, 2.75) is 31.8 Å². The van der Waals surface area contributed by atoms with Crippen LogP contribution in [0.15, 0.2) is 22.7 Å². The van der Waals surface area contributed by atoms with Crippen LogP contribution in [0, 0.1) is 0 Å². The lowest BCUT2D eigenvalue weighted by molar-refractivity contribution is 0.369. The Kier molecular flexibility index (Phi) is 4.98. The van der Waals surface area contributed by atoms with Gasteiger partial charge in [-0.1, -0.05) is 15.9 Å². The van der Waals surface area contributed by atoms with Crippen molar-refractivity contribution in [2.75, 3.05) is 14.2 Å². The molecule has 0 saturated heterocycles. The molecule has 96 valence electrons. The summed E-state index contributed by atoms with van der Waals surface area (Å²) in [7, 11) is 3.63. The predicted molar refractivity (Wildman–Crippen MR) is 75.4 cm³/mol. The molecule has 0 aliphatic carbocycles. The monoisotopic (exact) mass is 300 g/mol. The number of halogens is 1. The lowest BCUT2D eigenvalue weighted by Gasteiger charge is -2.27. The zero-order chi connectivity index (χ0) is 13.1. The van der Waals surface area contributed by atoms with Gasteiger partial charge in [0.15, 0.2) is 0 Å². The van der Waals surface area contributed by atoms with E-state index in [1.54, 1.807) is 7.11 Å². The summed E-state index contributed by atoms with van der Waals surface area (Å²) in [5, 5.41) is 3.30. The van der Waals surface area contributed by atoms with Gasteiger partial charge < -0.3 is 15.8 Å². The van der Waals surface area contributed by atoms with Gasteiger partial charge in [-0.05, 0) is 45.5 Å². The van der Waals surface area contributed by atoms with E-state index in [9.17, 15) is 0 Å². The molecule has 0 fully saturated rings. The first-order valence-electron chi connectivity index (χ1n) is 5.67. The van der Waals surface area contributed by atoms with Gasteiger partial charge in [-0.2, -0.15) is 0 Å². The Morgan fingerprint density at radius 1 is 1.47 bits per heavy atom. The number of benzene rings is 1. The summed E-state index contributed by atoms with van der Waals surface area (Å²) in [4.78, 5) is 0. The van der Waals surface area contributed by atoms with Crippen LogP contribution in [-0.4, -0.2) is 19.7 Å². The van der Waals surface area contributed by atoms with E-state index in [2.05, 4.69) is 27.3 Å². The molecule has 0 aliphatic rings. The smallest absolute Gasteiger partial charge is 0.123 e. The van der Waals surface area contributed by atoms with E-state index in [1.165, 1.54) is 0 Å². The molecule has 1 atom stereocenters. The highest BCUT2D eigenvalue weighted by Crippen LogP contribution is 2.32. The van der Waals surface area contributed by atoms with E-state index in [1.807, 2.05) is 33.0 Å². The first kappa shape index (κ1) is 14.5. The van der Waals surface area contributed by atoms with E-state index in [0.29, 0.717) is 0 Å². The molecule has 1 rings (SSSR count). The van der Waals surface area contributed by atoms with Crippen molar-refractivity contribution in [1.29, 1.82) is 0 Å². The molecule has 0 aromatic heterocycles. The van der Waals surface area contributed by atoms with Crippen molar-refractivity contribution in [2.24, 2.45) is 5.73 Å². The fraction of sp³-hybridized carbons (Fsp3) is 0.538. The Balaban J connectivity index is 3.06. The predicted octanol–water partition coefficient (Wildman–Crippen LogP) is 2.85. The van der Waals surface area contributed by atoms with E-state index in [0.717, 1.165) is 22.2 Å². The van der Waals surface area contributed by atoms with E-state index in [-0.39, 0.29) is 11.6 Å². The first-order valence-corrected chi connectivity index (χ1v) is 6.46. The van der Waals surface area contributed by atoms with Crippen molar-refractivity contribution in [3.05, 3.63) is 28.2 Å². The van der Waals surface area contributed by atoms with Crippen molar-refractivity contribution in [3.8, 4) is 5.75 Å². The van der Waals surface area contributed by atoms with Gasteiger partial charge in [-0.15, -0.1) is 0 Å². The Morgan fingerprint density at radius 2 is 2.12 bits per heavy atom. The Labute approximate surface area is 112 Å². The fourth-order valence-electron chi connectivity index (χ4n) is 1.87. The van der Waals surface area contributed by atoms with Crippen LogP contribution in [0.25, 0.3) is 0 Å². The summed E-state index contributed by atoms with van der Waals surface area (Å²) in [5.41, 5.74) is 6.99. The SMILES string of the molecule is CNC(CC(C)(C)N)c1cc(Br)ccc1OC. The number of nitrogens with one attached hydrogen (secondary N) is 1. The normalized spacial score (nSPS) is 13.5. The second-order valence-electron chi connectivity index (χ2n) is 4.92. The molecular formula is C13H21BrN2O. The first-order chi connectivity index (χ1) is 7.87. The topological polar surface area (TPSA) is 47.3 Å². The minimum atomic E-state index is -0.221. The van der Waals surface area contributed by atoms with Crippen LogP contribution in [0.3, 0.4) is 0 Å². The molecule has 1 aromatic carbocycles. The average Bonchev–Trinajstić information content (AvgIpc) is 2.24. The van der Waals surface area contributed by atoms with Gasteiger partial charge in [0, 0.05) is 21.6 Å². The molecule has 0 saturated carbocycles. The largest absolute Gasteiger partial charge is 0.496 e. The third-order valence-corrected chi connectivity index (χ3v) is 3.14. The standard InChI is InChI=1S/C13H21BrN2O/c1-13(2,15)8-11(16-3)10-7-9(14)5-6-12(10)17-4/h5-7,11,16H,8,15H2,1-4H3. The van der Waals surface area contributed by atoms with E-state index >= 15 is 0 Å². The zero-order valence-corrected chi connectivity index (χ0v) is 12.5. The minimum Gasteiger partial charge on any atom is -0.496 e. The highest BCUT2D eigenvalue weighted by Gasteiger charge is 2.22. The number of hydrogen-bond acceptors (Lipinski definition) is 3. The number of ether oxygens (including phenoxy) is 1. The maximum atomic E-state index is 6.09. The van der Waals surface area contributed by atoms with Crippen molar-refractivity contribution >= 4 is 15.9 Å². The molecule has 0 spiro atoms. The van der Waals surface area contributed by atoms with Crippen LogP contribution in [0.4, 0.5) is 0 Å². The highest BCUT2D eigenvalue weighted by molar-refractivity contribution is 9.10. The van der Waals surface area contributed by atoms with Crippen LogP contribution >= 0.6 is 15.9 Å². The summed E-state index contributed by atoms with van der Waals surface area (Å²) in [5.74, 6) is 0.886. The van der Waals surface area contributed by atoms with E-state index in [4.69, 9.17) is 10.5 Å². The molecule has 0 aliphatic heterocycles. The molecule has 4 heteroatoms. The second-order valence-corrected chi connectivity index (χ2v) is 5.84. The summed E-state index contributed by atoms with van der Waals surface area (Å²) in [6, 6.07) is 6.20. The van der Waals surface area contributed by atoms with Crippen molar-refractivity contribution in [3.63, 3.8) is 0 Å². The minimum absolute atomic E-state index is 0.183. The van der Waals surface area contributed by atoms with Gasteiger partial charge >= 0.3 is 0 Å². The maximum Gasteiger partial charge on any atom is 0.123 e. The highest BCUT2D eigenvalue weighted by atomic mass is 79.9. The third kappa shape index (κ3) is 4.30. The van der Waals surface area contributed by atoms with Gasteiger partial charge in [0.25, 0.3) is 0 Å². The summed E-state index contributed by atoms with van der Waals surface area (Å²) in [6.45, 7) is 4.06. The molecule has 0 amide bonds. The van der Waals surface area contributed by atoms with Crippen LogP contribution in [-0.2, 0) is 0 Å². The van der Waals surface area contributed by atoms with Crippen LogP contribution in [0.2, 0.25) is 0 Å². The molecule has 3 N–H and O–H groups in total. The quantitative estimate of drug-likeness (QED) is 0.879. The lowest BCUT2D eigenvalue weighted by atomic mass is 9.91. The zero-order valence-electron chi connectivity index (χ0n) is 10.9. The molecule has 0 radical (unpaired) electrons. The second kappa shape index (κ2) is 5.85. The maximum absolute atomic E-state index is 6.09. The number of nitrogens with two attached hydrogens (primary N) is 1. The number of hydrogen-bond donors (Lipinski definition) is 2. The molecule has 17 heavy (non-hydrogen) atoms. The molecular weight excluding hydrogens is 280 g/mol. The molecule has 1 unspecified atom stereocenters. The van der Waals surface area contributed by atoms with Crippen LogP contribution in [0.5, 0.6) is 5.75 Å². The Hall–Kier alpha value is -0.580. The Morgan fingerprint density at radius 3 is 2.59 bits per heavy atom. The average molecular weight is 301 g/mol. The molecule has 0 heterocycles. The summed E-state index contributed by atoms with van der Waals surface area (Å²) >= 11 is 3.49. The van der Waals surface area contributed by atoms with Gasteiger partial charge in [0.1, 0.15) is 5.75 Å². The Bertz CT molecular complexity index is 374. The van der Waals surface area contributed by atoms with Crippen LogP contribution < -0.4 is 15.8 Å². The van der Waals surface area contributed by atoms with Crippen LogP contribution in [0.1, 0.15) is 31.9 Å². The number of methoxy groups -OCH3 is 1. The van der Waals surface area contributed by atoms with Crippen molar-refractivity contribution in [1.82, 2.24) is 5.32 Å². The number of rotatable bonds is 5. The van der Waals surface area contributed by atoms with Gasteiger partial charge in [0.2, 0.25) is 0 Å². The fourth-order valence-corrected chi connectivity index (χ4v) is 2.25.